The number of nitrogens with zero attached hydrogens (tertiary/aromatic N) is 2. The lowest BCUT2D eigenvalue weighted by atomic mass is 10.2. The molecule has 2 aromatic rings. The van der Waals surface area contributed by atoms with Gasteiger partial charge in [0.1, 0.15) is 17.0 Å². The number of nitrogens with two attached hydrogens (primary N) is 1. The molecule has 0 unspecified atom stereocenters. The van der Waals surface area contributed by atoms with Crippen LogP contribution in [0.25, 0.3) is 0 Å². The van der Waals surface area contributed by atoms with Crippen LogP contribution in [0, 0.1) is 19.3 Å². The number of terminal acetylenes is 1. The highest BCUT2D eigenvalue weighted by Gasteiger charge is 2.02. The van der Waals surface area contributed by atoms with Crippen LogP contribution in [-0.4, -0.2) is 15.6 Å². The van der Waals surface area contributed by atoms with Crippen molar-refractivity contribution in [1.82, 2.24) is 9.36 Å². The first kappa shape index (κ1) is 28.8. The first-order chi connectivity index (χ1) is 13.9. The van der Waals surface area contributed by atoms with Crippen LogP contribution in [0.1, 0.15) is 77.3 Å². The molecule has 0 radical (unpaired) electrons. The minimum atomic E-state index is 0.538. The van der Waals surface area contributed by atoms with Gasteiger partial charge in [-0.3, -0.25) is 0 Å². The van der Waals surface area contributed by atoms with E-state index in [1.54, 1.807) is 6.20 Å². The Morgan fingerprint density at radius 2 is 2.03 bits per heavy atom. The van der Waals surface area contributed by atoms with Crippen LogP contribution in [0.15, 0.2) is 22.3 Å². The van der Waals surface area contributed by atoms with E-state index in [1.807, 2.05) is 40.7 Å². The fourth-order valence-electron chi connectivity index (χ4n) is 1.82. The molecule has 2 aromatic heterocycles. The van der Waals surface area contributed by atoms with Gasteiger partial charge in [0.25, 0.3) is 0 Å². The van der Waals surface area contributed by atoms with Crippen molar-refractivity contribution in [2.75, 3.05) is 5.73 Å². The summed E-state index contributed by atoms with van der Waals surface area (Å²) in [7, 11) is 0. The lowest BCUT2D eigenvalue weighted by Crippen LogP contribution is -1.85. The molecule has 2 rings (SSSR count). The molecule has 6 heteroatoms. The van der Waals surface area contributed by atoms with Gasteiger partial charge in [-0.05, 0) is 45.1 Å². The number of carbonyl (C=O) groups excluding carboxylic acids is 1. The fraction of sp³-hybridized carbons (Fsp3) is 0.522. The molecule has 0 aliphatic carbocycles. The SMILES string of the molecule is C#CCc1cnc(CCC)o1.C/C=C(\C)CC=O.CC.CCc1nsc(N)c1C. The molecule has 0 atom stereocenters. The summed E-state index contributed by atoms with van der Waals surface area (Å²) in [6.07, 6.45) is 13.7. The van der Waals surface area contributed by atoms with Gasteiger partial charge in [-0.1, -0.05) is 45.3 Å². The second-order valence-corrected chi connectivity index (χ2v) is 6.63. The van der Waals surface area contributed by atoms with Gasteiger partial charge >= 0.3 is 0 Å². The van der Waals surface area contributed by atoms with Crippen molar-refractivity contribution in [2.24, 2.45) is 0 Å². The third kappa shape index (κ3) is 13.4. The molecule has 0 saturated carbocycles. The van der Waals surface area contributed by atoms with E-state index in [1.165, 1.54) is 11.5 Å². The zero-order valence-corrected chi connectivity index (χ0v) is 19.9. The summed E-state index contributed by atoms with van der Waals surface area (Å²) >= 11 is 1.38. The molecule has 0 fully saturated rings. The van der Waals surface area contributed by atoms with E-state index in [9.17, 15) is 4.79 Å². The molecule has 0 aromatic carbocycles. The molecule has 0 bridgehead atoms. The Bertz CT molecular complexity index is 740. The predicted octanol–water partition coefficient (Wildman–Crippen LogP) is 5.97. The van der Waals surface area contributed by atoms with E-state index < -0.39 is 0 Å². The van der Waals surface area contributed by atoms with Gasteiger partial charge in [0.2, 0.25) is 0 Å². The standard InChI is InChI=1S/C9H11NO.C6H10N2S.C6H10O.C2H6/c1-3-5-8-7-10-9(11-8)6-4-2;1-3-5-4(2)6(7)9-8-5;1-3-6(2)4-5-7;1-2/h1,7H,4-6H2,2H3;3,7H2,1-2H3;3,5H,4H2,1-2H3;1-2H3/b;;6-3+;. The maximum absolute atomic E-state index is 9.73. The normalized spacial score (nSPS) is 9.66. The quantitative estimate of drug-likeness (QED) is 0.354. The van der Waals surface area contributed by atoms with Crippen LogP contribution in [-0.2, 0) is 24.1 Å². The average molecular weight is 420 g/mol. The van der Waals surface area contributed by atoms with Crippen LogP contribution >= 0.6 is 11.5 Å². The van der Waals surface area contributed by atoms with Crippen LogP contribution in [0.5, 0.6) is 0 Å². The number of carbonyl (C=O) groups is 1. The number of aromatic nitrogens is 2. The maximum Gasteiger partial charge on any atom is 0.194 e. The van der Waals surface area contributed by atoms with Gasteiger partial charge in [0.05, 0.1) is 18.3 Å². The number of anilines is 1. The predicted molar refractivity (Wildman–Crippen MR) is 125 cm³/mol. The number of hydrogen-bond acceptors (Lipinski definition) is 6. The molecule has 2 N–H and O–H groups in total. The highest BCUT2D eigenvalue weighted by molar-refractivity contribution is 7.10. The van der Waals surface area contributed by atoms with E-state index in [-0.39, 0.29) is 0 Å². The minimum absolute atomic E-state index is 0.538. The molecule has 0 saturated heterocycles. The fourth-order valence-corrected chi connectivity index (χ4v) is 2.55. The first-order valence-corrected chi connectivity index (χ1v) is 10.8. The Balaban J connectivity index is 0. The van der Waals surface area contributed by atoms with Crippen LogP contribution in [0.4, 0.5) is 5.00 Å². The van der Waals surface area contributed by atoms with Gasteiger partial charge in [0, 0.05) is 18.4 Å². The van der Waals surface area contributed by atoms with Crippen molar-refractivity contribution in [3.8, 4) is 12.3 Å². The van der Waals surface area contributed by atoms with E-state index in [0.717, 1.165) is 59.0 Å². The zero-order chi connectivity index (χ0) is 22.7. The number of aryl methyl sites for hydroxylation is 2. The van der Waals surface area contributed by atoms with Crippen LogP contribution < -0.4 is 5.73 Å². The van der Waals surface area contributed by atoms with E-state index >= 15 is 0 Å². The maximum atomic E-state index is 9.73. The summed E-state index contributed by atoms with van der Waals surface area (Å²) in [5.74, 6) is 4.08. The molecule has 29 heavy (non-hydrogen) atoms. The number of nitrogen functional groups attached to an aromatic ring is 1. The van der Waals surface area contributed by atoms with Gasteiger partial charge < -0.3 is 14.9 Å². The summed E-state index contributed by atoms with van der Waals surface area (Å²) in [5.41, 5.74) is 9.00. The highest BCUT2D eigenvalue weighted by Crippen LogP contribution is 2.19. The van der Waals surface area contributed by atoms with E-state index in [0.29, 0.717) is 12.8 Å². The molecule has 5 nitrogen and oxygen atoms in total. The summed E-state index contributed by atoms with van der Waals surface area (Å²) in [6, 6.07) is 0. The lowest BCUT2D eigenvalue weighted by Gasteiger charge is -1.88. The van der Waals surface area contributed by atoms with Crippen molar-refractivity contribution in [3.63, 3.8) is 0 Å². The Labute approximate surface area is 181 Å². The third-order valence-corrected chi connectivity index (χ3v) is 4.45. The van der Waals surface area contributed by atoms with Crippen LogP contribution in [0.2, 0.25) is 0 Å². The monoisotopic (exact) mass is 419 g/mol. The van der Waals surface area contributed by atoms with Crippen LogP contribution in [0.3, 0.4) is 0 Å². The Morgan fingerprint density at radius 1 is 1.38 bits per heavy atom. The number of rotatable bonds is 6. The van der Waals surface area contributed by atoms with E-state index in [4.69, 9.17) is 16.6 Å². The summed E-state index contributed by atoms with van der Waals surface area (Å²) in [4.78, 5) is 13.8. The Hall–Kier alpha value is -2.39. The molecule has 2 heterocycles. The van der Waals surface area contributed by atoms with Crippen molar-refractivity contribution in [3.05, 3.63) is 40.8 Å². The average Bonchev–Trinajstić information content (AvgIpc) is 3.31. The topological polar surface area (TPSA) is 82.0 Å². The lowest BCUT2D eigenvalue weighted by molar-refractivity contribution is -0.107. The van der Waals surface area contributed by atoms with Gasteiger partial charge in [-0.2, -0.15) is 4.37 Å². The van der Waals surface area contributed by atoms with Crippen molar-refractivity contribution >= 4 is 22.8 Å². The Kier molecular flexibility index (Phi) is 18.8. The molecular formula is C23H37N3O2S. The van der Waals surface area contributed by atoms with Gasteiger partial charge in [-0.25, -0.2) is 4.98 Å². The van der Waals surface area contributed by atoms with Crippen molar-refractivity contribution in [2.45, 2.75) is 80.6 Å². The zero-order valence-electron chi connectivity index (χ0n) is 19.0. The molecule has 0 amide bonds. The summed E-state index contributed by atoms with van der Waals surface area (Å²) < 4.78 is 9.46. The Morgan fingerprint density at radius 3 is 2.38 bits per heavy atom. The smallest absolute Gasteiger partial charge is 0.194 e. The second kappa shape index (κ2) is 18.9. The van der Waals surface area contributed by atoms with Crippen molar-refractivity contribution < 1.29 is 9.21 Å². The number of hydrogen-bond donors (Lipinski definition) is 1. The minimum Gasteiger partial charge on any atom is -0.445 e. The number of allylic oxidation sites excluding steroid dienone is 2. The largest absolute Gasteiger partial charge is 0.445 e. The molecule has 0 aliphatic heterocycles. The molecule has 0 aliphatic rings. The number of oxazole rings is 1. The highest BCUT2D eigenvalue weighted by atomic mass is 32.1. The van der Waals surface area contributed by atoms with Gasteiger partial charge in [-0.15, -0.1) is 6.42 Å². The van der Waals surface area contributed by atoms with Crippen molar-refractivity contribution in [1.29, 1.82) is 0 Å². The van der Waals surface area contributed by atoms with E-state index in [2.05, 4.69) is 29.1 Å². The number of aldehydes is 1. The van der Waals surface area contributed by atoms with Gasteiger partial charge in [0.15, 0.2) is 5.89 Å². The molecule has 162 valence electrons. The summed E-state index contributed by atoms with van der Waals surface area (Å²) in [6.45, 7) is 14.1. The summed E-state index contributed by atoms with van der Waals surface area (Å²) in [5, 5.41) is 0.854. The first-order valence-electron chi connectivity index (χ1n) is 10.1. The second-order valence-electron chi connectivity index (χ2n) is 5.83. The third-order valence-electron chi connectivity index (χ3n) is 3.63. The molecule has 0 spiro atoms. The molecular weight excluding hydrogens is 382 g/mol.